The molecule has 0 N–H and O–H groups in total. The van der Waals surface area contributed by atoms with E-state index >= 15 is 0 Å². The molecule has 0 bridgehead atoms. The van der Waals surface area contributed by atoms with Gasteiger partial charge in [-0.3, -0.25) is 4.79 Å². The Morgan fingerprint density at radius 3 is 2.65 bits per heavy atom. The first-order valence-electron chi connectivity index (χ1n) is 7.37. The Bertz CT molecular complexity index is 647. The summed E-state index contributed by atoms with van der Waals surface area (Å²) in [5, 5.41) is 2.32. The summed E-state index contributed by atoms with van der Waals surface area (Å²) in [6, 6.07) is 12.3. The van der Waals surface area contributed by atoms with E-state index in [4.69, 9.17) is 0 Å². The molecule has 0 amide bonds. The number of Topliss-reactive ketones (excluding diaryl/α,β-unsaturated/α-hetero) is 1. The second kappa shape index (κ2) is 5.69. The number of hydrogen-bond donors (Lipinski definition) is 0. The third-order valence-electron chi connectivity index (χ3n) is 4.39. The van der Waals surface area contributed by atoms with Gasteiger partial charge in [-0.05, 0) is 47.7 Å². The quantitative estimate of drug-likeness (QED) is 0.654. The van der Waals surface area contributed by atoms with E-state index in [1.54, 1.807) is 0 Å². The lowest BCUT2D eigenvalue weighted by molar-refractivity contribution is 0.0868. The summed E-state index contributed by atoms with van der Waals surface area (Å²) in [5.74, 6) is 1.25. The van der Waals surface area contributed by atoms with Crippen molar-refractivity contribution in [3.8, 4) is 0 Å². The molecule has 1 aliphatic carbocycles. The summed E-state index contributed by atoms with van der Waals surface area (Å²) in [6.07, 6.45) is 4.58. The molecule has 2 aromatic carbocycles. The van der Waals surface area contributed by atoms with E-state index in [1.807, 2.05) is 18.2 Å². The minimum atomic E-state index is 0.228. The number of rotatable bonds is 2. The maximum atomic E-state index is 12.6. The molecule has 1 aliphatic rings. The van der Waals surface area contributed by atoms with Gasteiger partial charge in [0.2, 0.25) is 0 Å². The van der Waals surface area contributed by atoms with Crippen molar-refractivity contribution in [1.82, 2.24) is 0 Å². The Labute approximate surface area is 128 Å². The lowest BCUT2D eigenvalue weighted by Crippen LogP contribution is -2.21. The van der Waals surface area contributed by atoms with Crippen molar-refractivity contribution in [2.75, 3.05) is 0 Å². The number of carbonyl (C=O) groups excluding carboxylic acids is 1. The second-order valence-corrected chi connectivity index (χ2v) is 6.95. The molecule has 20 heavy (non-hydrogen) atoms. The van der Waals surface area contributed by atoms with Crippen LogP contribution in [-0.2, 0) is 0 Å². The Kier molecular flexibility index (Phi) is 3.93. The van der Waals surface area contributed by atoms with Crippen molar-refractivity contribution in [3.05, 3.63) is 46.4 Å². The van der Waals surface area contributed by atoms with Crippen LogP contribution >= 0.6 is 15.9 Å². The highest BCUT2D eigenvalue weighted by Crippen LogP contribution is 2.31. The maximum absolute atomic E-state index is 12.6. The minimum Gasteiger partial charge on any atom is -0.294 e. The van der Waals surface area contributed by atoms with Gasteiger partial charge in [-0.2, -0.15) is 0 Å². The molecule has 1 saturated carbocycles. The van der Waals surface area contributed by atoms with Crippen LogP contribution in [0, 0.1) is 11.8 Å². The number of benzene rings is 2. The molecular weight excluding hydrogens is 312 g/mol. The largest absolute Gasteiger partial charge is 0.294 e. The number of hydrogen-bond acceptors (Lipinski definition) is 1. The van der Waals surface area contributed by atoms with E-state index in [0.717, 1.165) is 28.3 Å². The van der Waals surface area contributed by atoms with E-state index < -0.39 is 0 Å². The van der Waals surface area contributed by atoms with Crippen LogP contribution in [0.1, 0.15) is 43.0 Å². The highest BCUT2D eigenvalue weighted by Gasteiger charge is 2.25. The average molecular weight is 331 g/mol. The molecule has 104 valence electrons. The maximum Gasteiger partial charge on any atom is 0.165 e. The lowest BCUT2D eigenvalue weighted by Gasteiger charge is -2.25. The molecule has 0 saturated heterocycles. The van der Waals surface area contributed by atoms with Gasteiger partial charge in [0.15, 0.2) is 5.78 Å². The Hall–Kier alpha value is -1.15. The smallest absolute Gasteiger partial charge is 0.165 e. The third kappa shape index (κ3) is 2.80. The molecule has 1 fully saturated rings. The molecule has 0 spiro atoms. The van der Waals surface area contributed by atoms with Crippen molar-refractivity contribution in [2.45, 2.75) is 32.6 Å². The highest BCUT2D eigenvalue weighted by molar-refractivity contribution is 9.10. The van der Waals surface area contributed by atoms with E-state index in [2.05, 4.69) is 41.1 Å². The van der Waals surface area contributed by atoms with Gasteiger partial charge in [0.25, 0.3) is 0 Å². The molecule has 0 heterocycles. The summed E-state index contributed by atoms with van der Waals surface area (Å²) >= 11 is 3.48. The second-order valence-electron chi connectivity index (χ2n) is 6.04. The number of ketones is 1. The molecule has 2 aromatic rings. The number of carbonyl (C=O) groups is 1. The zero-order valence-corrected chi connectivity index (χ0v) is 13.3. The van der Waals surface area contributed by atoms with Crippen molar-refractivity contribution in [1.29, 1.82) is 0 Å². The normalized spacial score (nSPS) is 22.9. The van der Waals surface area contributed by atoms with Crippen LogP contribution < -0.4 is 0 Å². The van der Waals surface area contributed by atoms with Crippen LogP contribution in [0.5, 0.6) is 0 Å². The van der Waals surface area contributed by atoms with Crippen LogP contribution in [0.2, 0.25) is 0 Å². The molecule has 2 unspecified atom stereocenters. The summed E-state index contributed by atoms with van der Waals surface area (Å²) < 4.78 is 1.07. The molecule has 2 heteroatoms. The third-order valence-corrected chi connectivity index (χ3v) is 4.89. The van der Waals surface area contributed by atoms with Gasteiger partial charge in [0.05, 0.1) is 0 Å². The topological polar surface area (TPSA) is 17.1 Å². The Morgan fingerprint density at radius 1 is 1.10 bits per heavy atom. The van der Waals surface area contributed by atoms with Crippen molar-refractivity contribution >= 4 is 32.5 Å². The monoisotopic (exact) mass is 330 g/mol. The fraction of sp³-hybridized carbons (Fsp3) is 0.389. The van der Waals surface area contributed by atoms with Crippen LogP contribution in [0.4, 0.5) is 0 Å². The predicted octanol–water partition coefficient (Wildman–Crippen LogP) is 5.61. The average Bonchev–Trinajstić information content (AvgIpc) is 2.46. The first-order chi connectivity index (χ1) is 9.63. The first-order valence-corrected chi connectivity index (χ1v) is 8.16. The summed E-state index contributed by atoms with van der Waals surface area (Å²) in [5.41, 5.74) is 0.874. The predicted molar refractivity (Wildman–Crippen MR) is 87.1 cm³/mol. The highest BCUT2D eigenvalue weighted by atomic mass is 79.9. The van der Waals surface area contributed by atoms with Gasteiger partial charge < -0.3 is 0 Å². The SMILES string of the molecule is CC1CCCC(C(=O)c2ccc3cc(Br)ccc3c2)C1. The van der Waals surface area contributed by atoms with Crippen LogP contribution in [0.15, 0.2) is 40.9 Å². The molecular formula is C18H19BrO. The number of halogens is 1. The molecule has 0 aliphatic heterocycles. The van der Waals surface area contributed by atoms with Gasteiger partial charge in [-0.25, -0.2) is 0 Å². The van der Waals surface area contributed by atoms with E-state index in [-0.39, 0.29) is 5.92 Å². The summed E-state index contributed by atoms with van der Waals surface area (Å²) in [6.45, 7) is 2.26. The molecule has 2 atom stereocenters. The zero-order valence-electron chi connectivity index (χ0n) is 11.7. The van der Waals surface area contributed by atoms with Crippen molar-refractivity contribution in [2.24, 2.45) is 11.8 Å². The fourth-order valence-electron chi connectivity index (χ4n) is 3.28. The fourth-order valence-corrected chi connectivity index (χ4v) is 3.66. The van der Waals surface area contributed by atoms with Crippen molar-refractivity contribution < 1.29 is 4.79 Å². The Morgan fingerprint density at radius 2 is 1.85 bits per heavy atom. The van der Waals surface area contributed by atoms with Crippen LogP contribution in [0.3, 0.4) is 0 Å². The Balaban J connectivity index is 1.89. The van der Waals surface area contributed by atoms with Gasteiger partial charge in [-0.15, -0.1) is 0 Å². The van der Waals surface area contributed by atoms with E-state index in [0.29, 0.717) is 11.7 Å². The first kappa shape index (κ1) is 13.8. The number of fused-ring (bicyclic) bond motifs is 1. The van der Waals surface area contributed by atoms with Gasteiger partial charge in [0.1, 0.15) is 0 Å². The summed E-state index contributed by atoms with van der Waals surface area (Å²) in [7, 11) is 0. The molecule has 0 radical (unpaired) electrons. The van der Waals surface area contributed by atoms with E-state index in [1.165, 1.54) is 18.2 Å². The van der Waals surface area contributed by atoms with Crippen molar-refractivity contribution in [3.63, 3.8) is 0 Å². The lowest BCUT2D eigenvalue weighted by atomic mass is 9.78. The van der Waals surface area contributed by atoms with Gasteiger partial charge in [0, 0.05) is 16.0 Å². The van der Waals surface area contributed by atoms with E-state index in [9.17, 15) is 4.79 Å². The van der Waals surface area contributed by atoms with Gasteiger partial charge >= 0.3 is 0 Å². The van der Waals surface area contributed by atoms with Gasteiger partial charge in [-0.1, -0.05) is 53.9 Å². The molecule has 3 rings (SSSR count). The van der Waals surface area contributed by atoms with Crippen LogP contribution in [0.25, 0.3) is 10.8 Å². The minimum absolute atomic E-state index is 0.228. The molecule has 1 nitrogen and oxygen atoms in total. The zero-order chi connectivity index (χ0) is 14.1. The molecule has 0 aromatic heterocycles. The standard InChI is InChI=1S/C18H19BrO/c1-12-3-2-4-15(9-12)18(20)16-6-5-14-11-17(19)8-7-13(14)10-16/h5-8,10-12,15H,2-4,9H2,1H3. The summed E-state index contributed by atoms with van der Waals surface area (Å²) in [4.78, 5) is 12.6. The van der Waals surface area contributed by atoms with Crippen LogP contribution in [-0.4, -0.2) is 5.78 Å².